The van der Waals surface area contributed by atoms with E-state index in [1.165, 1.54) is 37.4 Å². The number of carbonyl (C=O) groups is 1. The largest absolute Gasteiger partial charge is 0.497 e. The first kappa shape index (κ1) is 19.4. The molecule has 1 aromatic heterocycles. The van der Waals surface area contributed by atoms with Crippen LogP contribution in [0, 0.1) is 0 Å². The second kappa shape index (κ2) is 7.73. The van der Waals surface area contributed by atoms with Crippen LogP contribution in [0.2, 0.25) is 0 Å². The number of imidazole rings is 1. The smallest absolute Gasteiger partial charge is 0.349 e. The molecule has 0 unspecified atom stereocenters. The van der Waals surface area contributed by atoms with E-state index >= 15 is 0 Å². The summed E-state index contributed by atoms with van der Waals surface area (Å²) in [7, 11) is -2.71. The summed E-state index contributed by atoms with van der Waals surface area (Å²) in [6.45, 7) is 2.11. The van der Waals surface area contributed by atoms with Gasteiger partial charge in [-0.05, 0) is 43.3 Å². The summed E-state index contributed by atoms with van der Waals surface area (Å²) in [5.41, 5.74) is -0.835. The monoisotopic (exact) mass is 402 g/mol. The van der Waals surface area contributed by atoms with E-state index in [0.29, 0.717) is 22.1 Å². The van der Waals surface area contributed by atoms with Crippen LogP contribution in [0.4, 0.5) is 0 Å². The molecule has 0 amide bonds. The van der Waals surface area contributed by atoms with E-state index in [2.05, 4.69) is 0 Å². The van der Waals surface area contributed by atoms with Gasteiger partial charge in [0.05, 0.1) is 24.2 Å². The molecule has 3 rings (SSSR count). The highest BCUT2D eigenvalue weighted by molar-refractivity contribution is 7.90. The van der Waals surface area contributed by atoms with E-state index in [0.717, 1.165) is 17.0 Å². The molecular weight excluding hydrogens is 384 g/mol. The molecule has 0 aliphatic carbocycles. The second-order valence-electron chi connectivity index (χ2n) is 5.66. The Morgan fingerprint density at radius 1 is 1.04 bits per heavy atom. The predicted molar refractivity (Wildman–Crippen MR) is 102 cm³/mol. The molecule has 8 nitrogen and oxygen atoms in total. The molecule has 9 heteroatoms. The highest BCUT2D eigenvalue weighted by Crippen LogP contribution is 2.20. The summed E-state index contributed by atoms with van der Waals surface area (Å²) in [6.07, 6.45) is 2.16. The summed E-state index contributed by atoms with van der Waals surface area (Å²) < 4.78 is 37.2. The van der Waals surface area contributed by atoms with Crippen molar-refractivity contribution in [1.82, 2.24) is 8.54 Å². The first-order valence-corrected chi connectivity index (χ1v) is 9.80. The van der Waals surface area contributed by atoms with Crippen LogP contribution in [0.3, 0.4) is 0 Å². The normalized spacial score (nSPS) is 11.2. The average molecular weight is 402 g/mol. The maximum absolute atomic E-state index is 12.8. The van der Waals surface area contributed by atoms with Gasteiger partial charge in [-0.2, -0.15) is 3.97 Å². The minimum atomic E-state index is -4.17. The van der Waals surface area contributed by atoms with Crippen LogP contribution in [0.5, 0.6) is 11.5 Å². The van der Waals surface area contributed by atoms with Crippen LogP contribution in [0.25, 0.3) is 0 Å². The average Bonchev–Trinajstić information content (AvgIpc) is 3.10. The van der Waals surface area contributed by atoms with Crippen LogP contribution in [-0.2, 0) is 10.0 Å². The SMILES string of the molecule is CCOc1ccccc1C(=O)n1ccn(S(=O)(=O)c2ccc(OC)cc2)c1=O. The zero-order valence-electron chi connectivity index (χ0n) is 15.2. The molecule has 0 aliphatic rings. The fraction of sp³-hybridized carbons (Fsp3) is 0.158. The number of hydrogen-bond donors (Lipinski definition) is 0. The van der Waals surface area contributed by atoms with Gasteiger partial charge in [0.15, 0.2) is 0 Å². The Morgan fingerprint density at radius 3 is 2.36 bits per heavy atom. The predicted octanol–water partition coefficient (Wildman–Crippen LogP) is 1.98. The molecule has 28 heavy (non-hydrogen) atoms. The van der Waals surface area contributed by atoms with Crippen molar-refractivity contribution in [3.63, 3.8) is 0 Å². The number of methoxy groups -OCH3 is 1. The van der Waals surface area contributed by atoms with Crippen molar-refractivity contribution in [3.8, 4) is 11.5 Å². The van der Waals surface area contributed by atoms with Gasteiger partial charge in [0.2, 0.25) is 0 Å². The van der Waals surface area contributed by atoms with Gasteiger partial charge in [-0.25, -0.2) is 17.8 Å². The lowest BCUT2D eigenvalue weighted by atomic mass is 10.2. The molecule has 0 radical (unpaired) electrons. The molecule has 0 atom stereocenters. The maximum atomic E-state index is 12.8. The van der Waals surface area contributed by atoms with Crippen molar-refractivity contribution in [2.24, 2.45) is 0 Å². The van der Waals surface area contributed by atoms with Gasteiger partial charge in [-0.1, -0.05) is 12.1 Å². The van der Waals surface area contributed by atoms with Crippen molar-refractivity contribution in [1.29, 1.82) is 0 Å². The molecule has 0 aliphatic heterocycles. The van der Waals surface area contributed by atoms with Crippen LogP contribution in [0.1, 0.15) is 17.3 Å². The lowest BCUT2D eigenvalue weighted by Crippen LogP contribution is -2.32. The highest BCUT2D eigenvalue weighted by atomic mass is 32.2. The highest BCUT2D eigenvalue weighted by Gasteiger charge is 2.24. The topological polar surface area (TPSA) is 96.6 Å². The Bertz CT molecular complexity index is 1160. The molecule has 0 saturated carbocycles. The number of ether oxygens (including phenoxy) is 2. The molecule has 0 bridgehead atoms. The quantitative estimate of drug-likeness (QED) is 0.626. The first-order chi connectivity index (χ1) is 13.4. The van der Waals surface area contributed by atoms with E-state index in [9.17, 15) is 18.0 Å². The number of rotatable bonds is 6. The number of nitrogens with zero attached hydrogens (tertiary/aromatic N) is 2. The van der Waals surface area contributed by atoms with Crippen LogP contribution in [0.15, 0.2) is 70.6 Å². The zero-order chi connectivity index (χ0) is 20.3. The summed E-state index contributed by atoms with van der Waals surface area (Å²) in [6, 6.07) is 12.0. The fourth-order valence-corrected chi connectivity index (χ4v) is 3.83. The number of benzene rings is 2. The van der Waals surface area contributed by atoms with E-state index in [-0.39, 0.29) is 10.5 Å². The maximum Gasteiger partial charge on any atom is 0.349 e. The van der Waals surface area contributed by atoms with Gasteiger partial charge in [-0.3, -0.25) is 4.79 Å². The van der Waals surface area contributed by atoms with Gasteiger partial charge >= 0.3 is 5.69 Å². The number of carbonyl (C=O) groups excluding carboxylic acids is 1. The Labute approximate surface area is 161 Å². The van der Waals surface area contributed by atoms with Crippen molar-refractivity contribution in [2.45, 2.75) is 11.8 Å². The first-order valence-electron chi connectivity index (χ1n) is 8.36. The van der Waals surface area contributed by atoms with Crippen molar-refractivity contribution in [3.05, 3.63) is 77.0 Å². The van der Waals surface area contributed by atoms with Crippen LogP contribution >= 0.6 is 0 Å². The Kier molecular flexibility index (Phi) is 5.36. The Hall–Kier alpha value is -3.33. The molecule has 2 aromatic carbocycles. The second-order valence-corrected chi connectivity index (χ2v) is 7.48. The number of aromatic nitrogens is 2. The van der Waals surface area contributed by atoms with Crippen molar-refractivity contribution in [2.75, 3.05) is 13.7 Å². The molecule has 1 heterocycles. The van der Waals surface area contributed by atoms with Gasteiger partial charge in [0, 0.05) is 12.4 Å². The molecular formula is C19H18N2O6S. The third-order valence-corrected chi connectivity index (χ3v) is 5.66. The van der Waals surface area contributed by atoms with Gasteiger partial charge in [0.25, 0.3) is 15.9 Å². The lowest BCUT2D eigenvalue weighted by Gasteiger charge is -2.09. The van der Waals surface area contributed by atoms with Crippen molar-refractivity contribution >= 4 is 15.9 Å². The lowest BCUT2D eigenvalue weighted by molar-refractivity contribution is 0.0952. The molecule has 146 valence electrons. The number of para-hydroxylation sites is 1. The molecule has 0 saturated heterocycles. The minimum absolute atomic E-state index is 0.102. The summed E-state index contributed by atoms with van der Waals surface area (Å²) in [5, 5.41) is 0. The summed E-state index contributed by atoms with van der Waals surface area (Å²) >= 11 is 0. The van der Waals surface area contributed by atoms with E-state index in [4.69, 9.17) is 9.47 Å². The van der Waals surface area contributed by atoms with E-state index in [1.807, 2.05) is 0 Å². The Balaban J connectivity index is 2.02. The van der Waals surface area contributed by atoms with Gasteiger partial charge < -0.3 is 9.47 Å². The van der Waals surface area contributed by atoms with Crippen LogP contribution < -0.4 is 15.2 Å². The molecule has 0 spiro atoms. The third kappa shape index (κ3) is 3.44. The molecule has 0 N–H and O–H groups in total. The number of hydrogen-bond acceptors (Lipinski definition) is 6. The standard InChI is InChI=1S/C19H18N2O6S/c1-3-27-17-7-5-4-6-16(17)18(22)20-12-13-21(19(20)23)28(24,25)15-10-8-14(26-2)9-11-15/h4-13H,3H2,1-2H3. The van der Waals surface area contributed by atoms with E-state index < -0.39 is 21.6 Å². The summed E-state index contributed by atoms with van der Waals surface area (Å²) in [4.78, 5) is 25.3. The van der Waals surface area contributed by atoms with Crippen molar-refractivity contribution < 1.29 is 22.7 Å². The van der Waals surface area contributed by atoms with E-state index in [1.54, 1.807) is 25.1 Å². The molecule has 3 aromatic rings. The molecule has 0 fully saturated rings. The van der Waals surface area contributed by atoms with Gasteiger partial charge in [0.1, 0.15) is 11.5 Å². The van der Waals surface area contributed by atoms with Crippen LogP contribution in [-0.4, -0.2) is 36.6 Å². The summed E-state index contributed by atoms with van der Waals surface area (Å²) in [5.74, 6) is 0.108. The third-order valence-electron chi connectivity index (χ3n) is 4.00. The minimum Gasteiger partial charge on any atom is -0.497 e. The fourth-order valence-electron chi connectivity index (χ4n) is 2.61. The zero-order valence-corrected chi connectivity index (χ0v) is 16.0. The Morgan fingerprint density at radius 2 is 1.71 bits per heavy atom. The van der Waals surface area contributed by atoms with Gasteiger partial charge in [-0.15, -0.1) is 0 Å².